The molecule has 0 aliphatic carbocycles. The predicted molar refractivity (Wildman–Crippen MR) is 68.5 cm³/mol. The summed E-state index contributed by atoms with van der Waals surface area (Å²) in [5.41, 5.74) is 5.35. The van der Waals surface area contributed by atoms with Crippen LogP contribution < -0.4 is 5.73 Å². The first kappa shape index (κ1) is 14.3. The van der Waals surface area contributed by atoms with Crippen molar-refractivity contribution in [1.29, 1.82) is 0 Å². The van der Waals surface area contributed by atoms with E-state index < -0.39 is 18.4 Å². The lowest BCUT2D eigenvalue weighted by molar-refractivity contribution is -0.138. The number of benzene rings is 1. The van der Waals surface area contributed by atoms with E-state index in [2.05, 4.69) is 0 Å². The highest BCUT2D eigenvalue weighted by Gasteiger charge is 2.20. The highest BCUT2D eigenvalue weighted by molar-refractivity contribution is 5.91. The summed E-state index contributed by atoms with van der Waals surface area (Å²) in [5.74, 6) is -1.98. The van der Waals surface area contributed by atoms with E-state index in [9.17, 15) is 14.0 Å². The molecule has 1 amide bonds. The Morgan fingerprint density at radius 1 is 1.35 bits per heavy atom. The summed E-state index contributed by atoms with van der Waals surface area (Å²) in [6.45, 7) is 1.44. The van der Waals surface area contributed by atoms with Crippen molar-refractivity contribution in [2.75, 3.05) is 38.6 Å². The Balaban J connectivity index is 1.89. The van der Waals surface area contributed by atoms with E-state index >= 15 is 0 Å². The maximum absolute atomic E-state index is 13.5. The minimum atomic E-state index is -0.885. The Bertz CT molecular complexity index is 515. The fourth-order valence-electron chi connectivity index (χ4n) is 1.81. The van der Waals surface area contributed by atoms with Crippen molar-refractivity contribution >= 4 is 17.6 Å². The summed E-state index contributed by atoms with van der Waals surface area (Å²) in [6.07, 6.45) is 0. The number of nitrogen functional groups attached to an aromatic ring is 1. The van der Waals surface area contributed by atoms with Gasteiger partial charge in [-0.05, 0) is 18.2 Å². The number of nitrogens with two attached hydrogens (primary N) is 1. The van der Waals surface area contributed by atoms with E-state index in [0.717, 1.165) is 6.07 Å². The van der Waals surface area contributed by atoms with Crippen LogP contribution in [-0.4, -0.2) is 49.7 Å². The van der Waals surface area contributed by atoms with Gasteiger partial charge in [-0.1, -0.05) is 0 Å². The first-order chi connectivity index (χ1) is 9.58. The number of morpholine rings is 1. The van der Waals surface area contributed by atoms with Crippen LogP contribution in [0.5, 0.6) is 0 Å². The number of halogens is 1. The molecule has 1 aromatic rings. The predicted octanol–water partition coefficient (Wildman–Crippen LogP) is 0.423. The zero-order valence-electron chi connectivity index (χ0n) is 10.8. The lowest BCUT2D eigenvalue weighted by atomic mass is 10.2. The third-order valence-corrected chi connectivity index (χ3v) is 2.90. The zero-order chi connectivity index (χ0) is 14.5. The molecule has 1 aromatic carbocycles. The second kappa shape index (κ2) is 6.33. The number of ether oxygens (including phenoxy) is 2. The number of amides is 1. The molecule has 0 unspecified atom stereocenters. The molecule has 2 N–H and O–H groups in total. The van der Waals surface area contributed by atoms with Crippen molar-refractivity contribution in [2.24, 2.45) is 0 Å². The lowest BCUT2D eigenvalue weighted by Crippen LogP contribution is -2.42. The molecule has 1 heterocycles. The van der Waals surface area contributed by atoms with Crippen molar-refractivity contribution in [3.63, 3.8) is 0 Å². The SMILES string of the molecule is Nc1ccc(C(=O)OCC(=O)N2CCOCC2)c(F)c1. The number of nitrogens with zero attached hydrogens (tertiary/aromatic N) is 1. The van der Waals surface area contributed by atoms with Crippen LogP contribution >= 0.6 is 0 Å². The van der Waals surface area contributed by atoms with Crippen LogP contribution in [0.1, 0.15) is 10.4 Å². The van der Waals surface area contributed by atoms with E-state index in [1.807, 2.05) is 0 Å². The van der Waals surface area contributed by atoms with E-state index in [-0.39, 0.29) is 17.2 Å². The Kier molecular flexibility index (Phi) is 4.52. The Morgan fingerprint density at radius 2 is 2.05 bits per heavy atom. The summed E-state index contributed by atoms with van der Waals surface area (Å²) in [6, 6.07) is 3.65. The Hall–Kier alpha value is -2.15. The molecule has 1 saturated heterocycles. The fourth-order valence-corrected chi connectivity index (χ4v) is 1.81. The van der Waals surface area contributed by atoms with Crippen molar-refractivity contribution < 1.29 is 23.5 Å². The van der Waals surface area contributed by atoms with Crippen LogP contribution in [0.25, 0.3) is 0 Å². The molecule has 1 fully saturated rings. The molecule has 0 radical (unpaired) electrons. The molecular weight excluding hydrogens is 267 g/mol. The molecule has 7 heteroatoms. The van der Waals surface area contributed by atoms with Crippen LogP contribution in [0.3, 0.4) is 0 Å². The number of esters is 1. The summed E-state index contributed by atoms with van der Waals surface area (Å²) in [7, 11) is 0. The van der Waals surface area contributed by atoms with E-state index in [1.54, 1.807) is 0 Å². The van der Waals surface area contributed by atoms with Gasteiger partial charge >= 0.3 is 5.97 Å². The number of carbonyl (C=O) groups is 2. The largest absolute Gasteiger partial charge is 0.452 e. The molecule has 20 heavy (non-hydrogen) atoms. The number of hydrogen-bond donors (Lipinski definition) is 1. The van der Waals surface area contributed by atoms with Gasteiger partial charge in [-0.15, -0.1) is 0 Å². The minimum absolute atomic E-state index is 0.212. The maximum Gasteiger partial charge on any atom is 0.341 e. The second-order valence-corrected chi connectivity index (χ2v) is 4.31. The smallest absolute Gasteiger partial charge is 0.341 e. The summed E-state index contributed by atoms with van der Waals surface area (Å²) >= 11 is 0. The number of hydrogen-bond acceptors (Lipinski definition) is 5. The highest BCUT2D eigenvalue weighted by Crippen LogP contribution is 2.13. The first-order valence-corrected chi connectivity index (χ1v) is 6.15. The summed E-state index contributed by atoms with van der Waals surface area (Å²) in [5, 5.41) is 0. The highest BCUT2D eigenvalue weighted by atomic mass is 19.1. The number of carbonyl (C=O) groups excluding carboxylic acids is 2. The molecule has 108 valence electrons. The normalized spacial score (nSPS) is 14.9. The van der Waals surface area contributed by atoms with Crippen molar-refractivity contribution in [3.8, 4) is 0 Å². The maximum atomic E-state index is 13.5. The van der Waals surface area contributed by atoms with Gasteiger partial charge in [0, 0.05) is 18.8 Å². The number of anilines is 1. The summed E-state index contributed by atoms with van der Waals surface area (Å²) < 4.78 is 23.4. The van der Waals surface area contributed by atoms with Gasteiger partial charge in [0.05, 0.1) is 18.8 Å². The van der Waals surface area contributed by atoms with Gasteiger partial charge in [-0.3, -0.25) is 4.79 Å². The van der Waals surface area contributed by atoms with Crippen LogP contribution in [-0.2, 0) is 14.3 Å². The van der Waals surface area contributed by atoms with Gasteiger partial charge in [0.25, 0.3) is 5.91 Å². The molecule has 0 saturated carbocycles. The van der Waals surface area contributed by atoms with Crippen molar-refractivity contribution in [3.05, 3.63) is 29.6 Å². The Morgan fingerprint density at radius 3 is 2.70 bits per heavy atom. The van der Waals surface area contributed by atoms with Gasteiger partial charge in [0.2, 0.25) is 0 Å². The monoisotopic (exact) mass is 282 g/mol. The standard InChI is InChI=1S/C13H15FN2O4/c14-11-7-9(15)1-2-10(11)13(18)20-8-12(17)16-3-5-19-6-4-16/h1-2,7H,3-6,8,15H2. The topological polar surface area (TPSA) is 81.9 Å². The molecule has 0 atom stereocenters. The van der Waals surface area contributed by atoms with Gasteiger partial charge in [0.1, 0.15) is 5.82 Å². The molecule has 1 aliphatic rings. The Labute approximate surface area is 115 Å². The molecule has 0 spiro atoms. The van der Waals surface area contributed by atoms with Gasteiger partial charge in [0.15, 0.2) is 6.61 Å². The number of rotatable bonds is 3. The van der Waals surface area contributed by atoms with E-state index in [0.29, 0.717) is 26.3 Å². The fraction of sp³-hybridized carbons (Fsp3) is 0.385. The minimum Gasteiger partial charge on any atom is -0.452 e. The average Bonchev–Trinajstić information content (AvgIpc) is 2.45. The van der Waals surface area contributed by atoms with Crippen LogP contribution in [0.4, 0.5) is 10.1 Å². The third-order valence-electron chi connectivity index (χ3n) is 2.90. The van der Waals surface area contributed by atoms with E-state index in [4.69, 9.17) is 15.2 Å². The van der Waals surface area contributed by atoms with E-state index in [1.165, 1.54) is 17.0 Å². The average molecular weight is 282 g/mol. The van der Waals surface area contributed by atoms with Crippen LogP contribution in [0.15, 0.2) is 18.2 Å². The van der Waals surface area contributed by atoms with Crippen molar-refractivity contribution in [2.45, 2.75) is 0 Å². The van der Waals surface area contributed by atoms with Crippen LogP contribution in [0, 0.1) is 5.82 Å². The first-order valence-electron chi connectivity index (χ1n) is 6.15. The molecule has 0 bridgehead atoms. The molecule has 0 aromatic heterocycles. The van der Waals surface area contributed by atoms with Crippen molar-refractivity contribution in [1.82, 2.24) is 4.90 Å². The molecule has 1 aliphatic heterocycles. The zero-order valence-corrected chi connectivity index (χ0v) is 10.8. The molecule has 2 rings (SSSR count). The van der Waals surface area contributed by atoms with Gasteiger partial charge < -0.3 is 20.1 Å². The molecular formula is C13H15FN2O4. The van der Waals surface area contributed by atoms with Gasteiger partial charge in [-0.2, -0.15) is 0 Å². The van der Waals surface area contributed by atoms with Crippen LogP contribution in [0.2, 0.25) is 0 Å². The molecule has 6 nitrogen and oxygen atoms in total. The summed E-state index contributed by atoms with van der Waals surface area (Å²) in [4.78, 5) is 25.0. The second-order valence-electron chi connectivity index (χ2n) is 4.31. The third kappa shape index (κ3) is 3.45. The quantitative estimate of drug-likeness (QED) is 0.642. The van der Waals surface area contributed by atoms with Gasteiger partial charge in [-0.25, -0.2) is 9.18 Å². The lowest BCUT2D eigenvalue weighted by Gasteiger charge is -2.26.